The second kappa shape index (κ2) is 5.93. The van der Waals surface area contributed by atoms with Crippen LogP contribution in [0, 0.1) is 11.6 Å². The molecule has 2 rings (SSSR count). The topological polar surface area (TPSA) is 26.3 Å². The molecule has 0 atom stereocenters. The first-order chi connectivity index (χ1) is 9.08. The number of carbonyl (C=O) groups excluding carboxylic acids is 1. The third kappa shape index (κ3) is 3.38. The molecule has 0 saturated heterocycles. The van der Waals surface area contributed by atoms with E-state index in [4.69, 9.17) is 4.74 Å². The van der Waals surface area contributed by atoms with Crippen LogP contribution in [-0.2, 0) is 11.3 Å². The minimum Gasteiger partial charge on any atom is -0.457 e. The van der Waals surface area contributed by atoms with Crippen molar-refractivity contribution in [2.75, 3.05) is 0 Å². The van der Waals surface area contributed by atoms with Crippen molar-refractivity contribution in [3.63, 3.8) is 0 Å². The lowest BCUT2D eigenvalue weighted by molar-refractivity contribution is 0.0463. The van der Waals surface area contributed by atoms with E-state index < -0.39 is 17.6 Å². The number of benzene rings is 2. The molecule has 0 unspecified atom stereocenters. The van der Waals surface area contributed by atoms with Crippen molar-refractivity contribution in [1.29, 1.82) is 0 Å². The molecule has 0 heterocycles. The van der Waals surface area contributed by atoms with Gasteiger partial charge in [-0.25, -0.2) is 13.6 Å². The van der Waals surface area contributed by atoms with Gasteiger partial charge in [0.15, 0.2) is 0 Å². The van der Waals surface area contributed by atoms with Crippen LogP contribution in [0.4, 0.5) is 8.78 Å². The van der Waals surface area contributed by atoms with Gasteiger partial charge in [-0.05, 0) is 24.3 Å². The highest BCUT2D eigenvalue weighted by Crippen LogP contribution is 2.17. The van der Waals surface area contributed by atoms with Crippen LogP contribution in [0.15, 0.2) is 46.9 Å². The molecule has 0 radical (unpaired) electrons. The molecule has 0 fully saturated rings. The summed E-state index contributed by atoms with van der Waals surface area (Å²) in [5.74, 6) is -1.98. The Morgan fingerprint density at radius 1 is 1.11 bits per heavy atom. The van der Waals surface area contributed by atoms with Crippen LogP contribution in [0.25, 0.3) is 0 Å². The molecule has 0 saturated carbocycles. The van der Waals surface area contributed by atoms with Gasteiger partial charge in [0.1, 0.15) is 18.2 Å². The lowest BCUT2D eigenvalue weighted by Crippen LogP contribution is -2.08. The molecule has 19 heavy (non-hydrogen) atoms. The highest BCUT2D eigenvalue weighted by Gasteiger charge is 2.14. The minimum absolute atomic E-state index is 0.189. The quantitative estimate of drug-likeness (QED) is 0.794. The third-order valence-corrected chi connectivity index (χ3v) is 2.96. The zero-order chi connectivity index (χ0) is 13.8. The Labute approximate surface area is 117 Å². The molecule has 2 aromatic carbocycles. The molecule has 5 heteroatoms. The first kappa shape index (κ1) is 13.7. The molecule has 0 bridgehead atoms. The molecule has 0 N–H and O–H groups in total. The molecule has 98 valence electrons. The van der Waals surface area contributed by atoms with Gasteiger partial charge >= 0.3 is 5.97 Å². The van der Waals surface area contributed by atoms with Gasteiger partial charge in [-0.15, -0.1) is 0 Å². The summed E-state index contributed by atoms with van der Waals surface area (Å²) in [6.45, 7) is -0.239. The van der Waals surface area contributed by atoms with E-state index in [0.29, 0.717) is 4.47 Å². The average Bonchev–Trinajstić information content (AvgIpc) is 2.40. The van der Waals surface area contributed by atoms with Crippen molar-refractivity contribution in [3.05, 3.63) is 69.7 Å². The Morgan fingerprint density at radius 3 is 2.58 bits per heavy atom. The monoisotopic (exact) mass is 326 g/mol. The standard InChI is InChI=1S/C14H9BrF2O2/c15-10-5-6-13(17)11(7-10)14(18)19-8-9-3-1-2-4-12(9)16/h1-7H,8H2. The van der Waals surface area contributed by atoms with Gasteiger partial charge in [0.2, 0.25) is 0 Å². The van der Waals surface area contributed by atoms with E-state index in [1.807, 2.05) is 0 Å². The van der Waals surface area contributed by atoms with E-state index in [2.05, 4.69) is 15.9 Å². The third-order valence-electron chi connectivity index (χ3n) is 2.46. The van der Waals surface area contributed by atoms with Crippen LogP contribution in [-0.4, -0.2) is 5.97 Å². The van der Waals surface area contributed by atoms with E-state index in [9.17, 15) is 13.6 Å². The van der Waals surface area contributed by atoms with Crippen LogP contribution >= 0.6 is 15.9 Å². The van der Waals surface area contributed by atoms with Crippen molar-refractivity contribution in [2.45, 2.75) is 6.61 Å². The minimum atomic E-state index is -0.831. The van der Waals surface area contributed by atoms with Gasteiger partial charge in [-0.2, -0.15) is 0 Å². The van der Waals surface area contributed by atoms with E-state index in [1.54, 1.807) is 6.07 Å². The van der Waals surface area contributed by atoms with Crippen LogP contribution in [0.1, 0.15) is 15.9 Å². The SMILES string of the molecule is O=C(OCc1ccccc1F)c1cc(Br)ccc1F. The maximum atomic E-state index is 13.4. The normalized spacial score (nSPS) is 10.3. The van der Waals surface area contributed by atoms with Gasteiger partial charge in [-0.3, -0.25) is 0 Å². The first-order valence-electron chi connectivity index (χ1n) is 5.43. The summed E-state index contributed by atoms with van der Waals surface area (Å²) in [6, 6.07) is 9.88. The van der Waals surface area contributed by atoms with Crippen molar-refractivity contribution in [1.82, 2.24) is 0 Å². The number of hydrogen-bond donors (Lipinski definition) is 0. The molecule has 0 aromatic heterocycles. The summed E-state index contributed by atoms with van der Waals surface area (Å²) in [6.07, 6.45) is 0. The predicted molar refractivity (Wildman–Crippen MR) is 69.6 cm³/mol. The lowest BCUT2D eigenvalue weighted by atomic mass is 10.2. The first-order valence-corrected chi connectivity index (χ1v) is 6.23. The molecule has 2 aromatic rings. The summed E-state index contributed by atoms with van der Waals surface area (Å²) in [5, 5.41) is 0. The van der Waals surface area contributed by atoms with E-state index in [-0.39, 0.29) is 17.7 Å². The fourth-order valence-electron chi connectivity index (χ4n) is 1.49. The van der Waals surface area contributed by atoms with Gasteiger partial charge < -0.3 is 4.74 Å². The number of esters is 1. The maximum absolute atomic E-state index is 13.4. The number of ether oxygens (including phenoxy) is 1. The average molecular weight is 327 g/mol. The zero-order valence-corrected chi connectivity index (χ0v) is 11.3. The van der Waals surface area contributed by atoms with Crippen molar-refractivity contribution in [2.24, 2.45) is 0 Å². The molecular formula is C14H9BrF2O2. The number of halogens is 3. The molecule has 0 amide bonds. The fraction of sp³-hybridized carbons (Fsp3) is 0.0714. The Morgan fingerprint density at radius 2 is 1.84 bits per heavy atom. The number of rotatable bonds is 3. The van der Waals surface area contributed by atoms with Crippen molar-refractivity contribution < 1.29 is 18.3 Å². The molecule has 0 spiro atoms. The lowest BCUT2D eigenvalue weighted by Gasteiger charge is -2.07. The fourth-order valence-corrected chi connectivity index (χ4v) is 1.85. The van der Waals surface area contributed by atoms with Crippen molar-refractivity contribution in [3.8, 4) is 0 Å². The Kier molecular flexibility index (Phi) is 4.27. The van der Waals surface area contributed by atoms with Gasteiger partial charge in [0.25, 0.3) is 0 Å². The number of carbonyl (C=O) groups is 1. The Bertz CT molecular complexity index is 614. The summed E-state index contributed by atoms with van der Waals surface area (Å²) < 4.78 is 32.2. The van der Waals surface area contributed by atoms with Gasteiger partial charge in [0.05, 0.1) is 5.56 Å². The van der Waals surface area contributed by atoms with Crippen LogP contribution in [0.2, 0.25) is 0 Å². The van der Waals surface area contributed by atoms with Crippen molar-refractivity contribution >= 4 is 21.9 Å². The second-order valence-electron chi connectivity index (χ2n) is 3.79. The summed E-state index contributed by atoms with van der Waals surface area (Å²) in [4.78, 5) is 11.7. The van der Waals surface area contributed by atoms with Crippen LogP contribution in [0.5, 0.6) is 0 Å². The molecular weight excluding hydrogens is 318 g/mol. The molecule has 2 nitrogen and oxygen atoms in total. The van der Waals surface area contributed by atoms with Crippen LogP contribution in [0.3, 0.4) is 0 Å². The highest BCUT2D eigenvalue weighted by atomic mass is 79.9. The van der Waals surface area contributed by atoms with Crippen LogP contribution < -0.4 is 0 Å². The maximum Gasteiger partial charge on any atom is 0.341 e. The predicted octanol–water partition coefficient (Wildman–Crippen LogP) is 4.08. The molecule has 0 aliphatic carbocycles. The summed E-state index contributed by atoms with van der Waals surface area (Å²) >= 11 is 3.14. The molecule has 0 aliphatic rings. The Hall–Kier alpha value is -1.75. The van der Waals surface area contributed by atoms with E-state index in [0.717, 1.165) is 6.07 Å². The summed E-state index contributed by atoms with van der Waals surface area (Å²) in [5.41, 5.74) is 0.0527. The Balaban J connectivity index is 2.10. The molecule has 0 aliphatic heterocycles. The zero-order valence-electron chi connectivity index (χ0n) is 9.70. The van der Waals surface area contributed by atoms with Gasteiger partial charge in [0, 0.05) is 10.0 Å². The largest absolute Gasteiger partial charge is 0.457 e. The number of hydrogen-bond acceptors (Lipinski definition) is 2. The second-order valence-corrected chi connectivity index (χ2v) is 4.71. The van der Waals surface area contributed by atoms with E-state index in [1.165, 1.54) is 30.3 Å². The van der Waals surface area contributed by atoms with E-state index >= 15 is 0 Å². The highest BCUT2D eigenvalue weighted by molar-refractivity contribution is 9.10. The van der Waals surface area contributed by atoms with Gasteiger partial charge in [-0.1, -0.05) is 34.1 Å². The summed E-state index contributed by atoms with van der Waals surface area (Å²) in [7, 11) is 0. The smallest absolute Gasteiger partial charge is 0.341 e.